The van der Waals surface area contributed by atoms with Gasteiger partial charge in [-0.2, -0.15) is 5.10 Å². The smallest absolute Gasteiger partial charge is 0.250 e. The molecule has 172 valence electrons. The zero-order valence-corrected chi connectivity index (χ0v) is 20.6. The number of carbonyl (C=O) groups is 1. The van der Waals surface area contributed by atoms with Crippen LogP contribution in [0.5, 0.6) is 0 Å². The fourth-order valence-electron chi connectivity index (χ4n) is 3.91. The molecular weight excluding hydrogens is 477 g/mol. The zero-order valence-electron chi connectivity index (χ0n) is 18.3. The Labute approximate surface area is 207 Å². The Morgan fingerprint density at radius 1 is 1.12 bits per heavy atom. The molecule has 2 aromatic carbocycles. The molecule has 1 heterocycles. The van der Waals surface area contributed by atoms with E-state index in [2.05, 4.69) is 56.5 Å². The summed E-state index contributed by atoms with van der Waals surface area (Å²) < 4.78 is 2.22. The van der Waals surface area contributed by atoms with Crippen LogP contribution >= 0.6 is 35.0 Å². The van der Waals surface area contributed by atoms with Crippen LogP contribution in [0.25, 0.3) is 11.4 Å². The summed E-state index contributed by atoms with van der Waals surface area (Å²) in [7, 11) is 0. The Morgan fingerprint density at radius 3 is 2.52 bits per heavy atom. The fraction of sp³-hybridized carbons (Fsp3) is 0.333. The Morgan fingerprint density at radius 2 is 1.82 bits per heavy atom. The topological polar surface area (TPSA) is 72.2 Å². The summed E-state index contributed by atoms with van der Waals surface area (Å²) in [4.78, 5) is 12.4. The number of aryl methyl sites for hydroxylation is 1. The van der Waals surface area contributed by atoms with Crippen LogP contribution in [0.2, 0.25) is 10.0 Å². The third-order valence-electron chi connectivity index (χ3n) is 5.63. The number of carbonyl (C=O) groups excluding carboxylic acids is 1. The van der Waals surface area contributed by atoms with Crippen molar-refractivity contribution in [2.45, 2.75) is 50.2 Å². The molecule has 4 rings (SSSR count). The first kappa shape index (κ1) is 23.8. The summed E-state index contributed by atoms with van der Waals surface area (Å²) in [5.41, 5.74) is 5.34. The number of aromatic nitrogens is 3. The van der Waals surface area contributed by atoms with E-state index in [9.17, 15) is 4.79 Å². The van der Waals surface area contributed by atoms with Gasteiger partial charge in [0.05, 0.1) is 22.0 Å². The molecule has 0 unspecified atom stereocenters. The van der Waals surface area contributed by atoms with Gasteiger partial charge >= 0.3 is 0 Å². The molecule has 1 aromatic heterocycles. The molecule has 1 saturated carbocycles. The van der Waals surface area contributed by atoms with E-state index in [1.54, 1.807) is 18.2 Å². The second-order valence-corrected chi connectivity index (χ2v) is 9.81. The predicted molar refractivity (Wildman–Crippen MR) is 135 cm³/mol. The van der Waals surface area contributed by atoms with E-state index in [1.807, 2.05) is 0 Å². The third-order valence-corrected chi connectivity index (χ3v) is 7.23. The summed E-state index contributed by atoms with van der Waals surface area (Å²) in [6, 6.07) is 13.9. The predicted octanol–water partition coefficient (Wildman–Crippen LogP) is 6.31. The van der Waals surface area contributed by atoms with Crippen molar-refractivity contribution in [1.82, 2.24) is 20.2 Å². The molecule has 0 saturated heterocycles. The van der Waals surface area contributed by atoms with Gasteiger partial charge in [-0.1, -0.05) is 90.1 Å². The number of nitrogens with one attached hydrogen (secondary N) is 1. The number of rotatable bonds is 7. The Hall–Kier alpha value is -2.35. The molecule has 1 aliphatic rings. The van der Waals surface area contributed by atoms with Crippen molar-refractivity contribution in [2.24, 2.45) is 5.10 Å². The number of amides is 1. The van der Waals surface area contributed by atoms with Crippen molar-refractivity contribution in [3.63, 3.8) is 0 Å². The highest BCUT2D eigenvalue weighted by Crippen LogP contribution is 2.35. The van der Waals surface area contributed by atoms with Crippen LogP contribution in [0.4, 0.5) is 0 Å². The lowest BCUT2D eigenvalue weighted by molar-refractivity contribution is -0.118. The first-order valence-electron chi connectivity index (χ1n) is 10.9. The number of halogens is 2. The van der Waals surface area contributed by atoms with Crippen LogP contribution in [0.3, 0.4) is 0 Å². The summed E-state index contributed by atoms with van der Waals surface area (Å²) in [5.74, 6) is 0.789. The Kier molecular flexibility index (Phi) is 8.06. The van der Waals surface area contributed by atoms with Crippen LogP contribution in [-0.2, 0) is 4.79 Å². The third kappa shape index (κ3) is 5.96. The van der Waals surface area contributed by atoms with E-state index < -0.39 is 0 Å². The van der Waals surface area contributed by atoms with Gasteiger partial charge < -0.3 is 0 Å². The standard InChI is InChI=1S/C24H25Cl2N5OS/c1-16-10-12-17(13-11-16)23-29-30-24(31(23)18-6-3-2-4-7-18)33-15-22(32)28-27-14-19-20(25)8-5-9-21(19)26/h5,8-14,18H,2-4,6-7,15H2,1H3,(H,28,32)/b27-14-. The van der Waals surface area contributed by atoms with E-state index >= 15 is 0 Å². The fourth-order valence-corrected chi connectivity index (χ4v) is 5.20. The van der Waals surface area contributed by atoms with Crippen molar-refractivity contribution >= 4 is 47.1 Å². The van der Waals surface area contributed by atoms with Crippen LogP contribution in [0.15, 0.2) is 52.7 Å². The van der Waals surface area contributed by atoms with Crippen LogP contribution < -0.4 is 5.43 Å². The van der Waals surface area contributed by atoms with Gasteiger partial charge in [-0.15, -0.1) is 10.2 Å². The molecule has 1 amide bonds. The Balaban J connectivity index is 1.46. The Bertz CT molecular complexity index is 1120. The number of hydrogen-bond acceptors (Lipinski definition) is 5. The summed E-state index contributed by atoms with van der Waals surface area (Å²) in [5, 5.41) is 14.6. The lowest BCUT2D eigenvalue weighted by Crippen LogP contribution is -2.20. The van der Waals surface area contributed by atoms with Gasteiger partial charge in [-0.05, 0) is 31.9 Å². The molecule has 1 N–H and O–H groups in total. The minimum Gasteiger partial charge on any atom is -0.299 e. The second kappa shape index (κ2) is 11.2. The van der Waals surface area contributed by atoms with Gasteiger partial charge in [0.1, 0.15) is 0 Å². The van der Waals surface area contributed by atoms with E-state index in [1.165, 1.54) is 42.8 Å². The maximum atomic E-state index is 12.4. The van der Waals surface area contributed by atoms with E-state index in [0.717, 1.165) is 29.4 Å². The minimum atomic E-state index is -0.241. The maximum absolute atomic E-state index is 12.4. The van der Waals surface area contributed by atoms with Crippen molar-refractivity contribution in [2.75, 3.05) is 5.75 Å². The SMILES string of the molecule is Cc1ccc(-c2nnc(SCC(=O)N/N=C\c3c(Cl)cccc3Cl)n2C2CCCCC2)cc1. The number of hydrogen-bond donors (Lipinski definition) is 1. The molecule has 0 radical (unpaired) electrons. The summed E-state index contributed by atoms with van der Waals surface area (Å²) >= 11 is 13.6. The van der Waals surface area contributed by atoms with Gasteiger partial charge in [-0.3, -0.25) is 9.36 Å². The molecule has 1 fully saturated rings. The molecule has 0 atom stereocenters. The minimum absolute atomic E-state index is 0.173. The zero-order chi connectivity index (χ0) is 23.2. The second-order valence-electron chi connectivity index (χ2n) is 8.05. The average Bonchev–Trinajstić information content (AvgIpc) is 3.24. The molecule has 0 bridgehead atoms. The van der Waals surface area contributed by atoms with Gasteiger partial charge in [0.25, 0.3) is 5.91 Å². The van der Waals surface area contributed by atoms with Crippen molar-refractivity contribution in [1.29, 1.82) is 0 Å². The van der Waals surface area contributed by atoms with Gasteiger partial charge in [0, 0.05) is 17.2 Å². The lowest BCUT2D eigenvalue weighted by Gasteiger charge is -2.25. The van der Waals surface area contributed by atoms with Crippen LogP contribution in [0.1, 0.15) is 49.3 Å². The summed E-state index contributed by atoms with van der Waals surface area (Å²) in [6.07, 6.45) is 7.30. The largest absolute Gasteiger partial charge is 0.299 e. The first-order valence-corrected chi connectivity index (χ1v) is 12.7. The molecule has 3 aromatic rings. The van der Waals surface area contributed by atoms with Crippen LogP contribution in [0, 0.1) is 6.92 Å². The molecule has 33 heavy (non-hydrogen) atoms. The highest BCUT2D eigenvalue weighted by atomic mass is 35.5. The molecule has 0 spiro atoms. The number of nitrogens with zero attached hydrogens (tertiary/aromatic N) is 4. The van der Waals surface area contributed by atoms with E-state index in [4.69, 9.17) is 23.2 Å². The highest BCUT2D eigenvalue weighted by Gasteiger charge is 2.24. The molecule has 9 heteroatoms. The lowest BCUT2D eigenvalue weighted by atomic mass is 9.95. The van der Waals surface area contributed by atoms with E-state index in [0.29, 0.717) is 21.7 Å². The molecule has 0 aliphatic heterocycles. The van der Waals surface area contributed by atoms with Crippen molar-refractivity contribution < 1.29 is 4.79 Å². The number of benzene rings is 2. The quantitative estimate of drug-likeness (QED) is 0.234. The molecule has 1 aliphatic carbocycles. The maximum Gasteiger partial charge on any atom is 0.250 e. The number of thioether (sulfide) groups is 1. The van der Waals surface area contributed by atoms with E-state index in [-0.39, 0.29) is 11.7 Å². The first-order chi connectivity index (χ1) is 16.0. The molecule has 6 nitrogen and oxygen atoms in total. The normalized spacial score (nSPS) is 14.6. The van der Waals surface area contributed by atoms with Gasteiger partial charge in [0.15, 0.2) is 11.0 Å². The summed E-state index contributed by atoms with van der Waals surface area (Å²) in [6.45, 7) is 2.07. The monoisotopic (exact) mass is 501 g/mol. The van der Waals surface area contributed by atoms with Gasteiger partial charge in [-0.25, -0.2) is 5.43 Å². The van der Waals surface area contributed by atoms with Crippen LogP contribution in [-0.4, -0.2) is 32.6 Å². The number of hydrazone groups is 1. The van der Waals surface area contributed by atoms with Crippen molar-refractivity contribution in [3.05, 3.63) is 63.6 Å². The highest BCUT2D eigenvalue weighted by molar-refractivity contribution is 7.99. The average molecular weight is 502 g/mol. The molecular formula is C24H25Cl2N5OS. The van der Waals surface area contributed by atoms with Gasteiger partial charge in [0.2, 0.25) is 0 Å². The van der Waals surface area contributed by atoms with Crippen molar-refractivity contribution in [3.8, 4) is 11.4 Å².